The van der Waals surface area contributed by atoms with Crippen LogP contribution in [-0.4, -0.2) is 6.54 Å². The van der Waals surface area contributed by atoms with E-state index in [0.29, 0.717) is 6.04 Å². The second kappa shape index (κ2) is 4.80. The van der Waals surface area contributed by atoms with Crippen LogP contribution in [0.25, 0.3) is 0 Å². The Morgan fingerprint density at radius 2 is 2.13 bits per heavy atom. The maximum absolute atomic E-state index is 3.67. The molecule has 0 radical (unpaired) electrons. The summed E-state index contributed by atoms with van der Waals surface area (Å²) in [6, 6.07) is 9.45. The molecule has 1 N–H and O–H groups in total. The molecule has 0 heterocycles. The van der Waals surface area contributed by atoms with Gasteiger partial charge >= 0.3 is 0 Å². The number of rotatable bonds is 4. The topological polar surface area (TPSA) is 12.0 Å². The number of hydrogen-bond acceptors (Lipinski definition) is 1. The summed E-state index contributed by atoms with van der Waals surface area (Å²) in [4.78, 5) is 0. The molecule has 15 heavy (non-hydrogen) atoms. The fourth-order valence-corrected chi connectivity index (χ4v) is 2.32. The fraction of sp³-hybridized carbons (Fsp3) is 0.571. The van der Waals surface area contributed by atoms with E-state index in [9.17, 15) is 0 Å². The van der Waals surface area contributed by atoms with E-state index in [1.54, 1.807) is 5.56 Å². The molecule has 0 saturated heterocycles. The monoisotopic (exact) mass is 203 g/mol. The molecule has 1 aromatic carbocycles. The van der Waals surface area contributed by atoms with Crippen LogP contribution in [0.4, 0.5) is 0 Å². The highest BCUT2D eigenvalue weighted by Gasteiger charge is 2.20. The molecule has 0 fully saturated rings. The van der Waals surface area contributed by atoms with Gasteiger partial charge in [-0.2, -0.15) is 0 Å². The van der Waals surface area contributed by atoms with E-state index in [1.807, 2.05) is 0 Å². The van der Waals surface area contributed by atoms with Gasteiger partial charge in [-0.15, -0.1) is 0 Å². The zero-order valence-corrected chi connectivity index (χ0v) is 9.79. The van der Waals surface area contributed by atoms with Crippen LogP contribution in [0.1, 0.15) is 43.9 Å². The molecular weight excluding hydrogens is 182 g/mol. The maximum atomic E-state index is 3.67. The van der Waals surface area contributed by atoms with Crippen LogP contribution in [0.3, 0.4) is 0 Å². The van der Waals surface area contributed by atoms with Gasteiger partial charge in [0.2, 0.25) is 0 Å². The van der Waals surface area contributed by atoms with E-state index in [0.717, 1.165) is 12.5 Å². The van der Waals surface area contributed by atoms with Crippen LogP contribution in [0.15, 0.2) is 24.3 Å². The first kappa shape index (κ1) is 10.7. The summed E-state index contributed by atoms with van der Waals surface area (Å²) in [6.45, 7) is 5.71. The Hall–Kier alpha value is -0.820. The number of nitrogens with one attached hydrogen (secondary N) is 1. The highest BCUT2D eigenvalue weighted by atomic mass is 14.9. The summed E-state index contributed by atoms with van der Waals surface area (Å²) in [5.74, 6) is 0.800. The molecule has 0 aromatic heterocycles. The molecule has 0 spiro atoms. The van der Waals surface area contributed by atoms with Crippen LogP contribution in [0.5, 0.6) is 0 Å². The molecule has 0 aliphatic heterocycles. The summed E-state index contributed by atoms with van der Waals surface area (Å²) in [7, 11) is 0. The predicted molar refractivity (Wildman–Crippen MR) is 65.0 cm³/mol. The van der Waals surface area contributed by atoms with Crippen molar-refractivity contribution in [1.82, 2.24) is 5.32 Å². The maximum Gasteiger partial charge on any atom is 0.0326 e. The van der Waals surface area contributed by atoms with Gasteiger partial charge in [0.1, 0.15) is 0 Å². The van der Waals surface area contributed by atoms with Crippen molar-refractivity contribution in [3.8, 4) is 0 Å². The van der Waals surface area contributed by atoms with Crippen molar-refractivity contribution in [2.24, 2.45) is 5.92 Å². The number of benzene rings is 1. The number of aryl methyl sites for hydroxylation is 1. The third-order valence-electron chi connectivity index (χ3n) is 3.25. The normalized spacial score (nSPS) is 19.5. The lowest BCUT2D eigenvalue weighted by Crippen LogP contribution is -2.21. The third-order valence-corrected chi connectivity index (χ3v) is 3.25. The minimum Gasteiger partial charge on any atom is -0.310 e. The minimum absolute atomic E-state index is 0.611. The molecule has 0 saturated carbocycles. The molecule has 0 amide bonds. The lowest BCUT2D eigenvalue weighted by Gasteiger charge is -2.14. The number of fused-ring (bicyclic) bond motifs is 1. The van der Waals surface area contributed by atoms with Crippen molar-refractivity contribution in [3.05, 3.63) is 35.4 Å². The van der Waals surface area contributed by atoms with Gasteiger partial charge in [0.15, 0.2) is 0 Å². The van der Waals surface area contributed by atoms with Crippen molar-refractivity contribution in [1.29, 1.82) is 0 Å². The van der Waals surface area contributed by atoms with Gasteiger partial charge in [-0.25, -0.2) is 0 Å². The Morgan fingerprint density at radius 3 is 2.93 bits per heavy atom. The Kier molecular flexibility index (Phi) is 3.42. The summed E-state index contributed by atoms with van der Waals surface area (Å²) < 4.78 is 0. The fourth-order valence-electron chi connectivity index (χ4n) is 2.32. The van der Waals surface area contributed by atoms with Crippen molar-refractivity contribution in [3.63, 3.8) is 0 Å². The van der Waals surface area contributed by atoms with Crippen molar-refractivity contribution < 1.29 is 0 Å². The zero-order valence-electron chi connectivity index (χ0n) is 9.79. The molecular formula is C14H21N. The molecule has 1 heteroatoms. The predicted octanol–water partition coefficient (Wildman–Crippen LogP) is 3.31. The third kappa shape index (κ3) is 2.60. The van der Waals surface area contributed by atoms with E-state index in [1.165, 1.54) is 24.8 Å². The molecule has 1 aromatic rings. The lowest BCUT2D eigenvalue weighted by molar-refractivity contribution is 0.476. The molecule has 82 valence electrons. The zero-order chi connectivity index (χ0) is 10.7. The summed E-state index contributed by atoms with van der Waals surface area (Å²) >= 11 is 0. The van der Waals surface area contributed by atoms with Crippen LogP contribution < -0.4 is 5.32 Å². The van der Waals surface area contributed by atoms with Gasteiger partial charge < -0.3 is 5.32 Å². The lowest BCUT2D eigenvalue weighted by atomic mass is 10.1. The van der Waals surface area contributed by atoms with E-state index in [4.69, 9.17) is 0 Å². The highest BCUT2D eigenvalue weighted by Crippen LogP contribution is 2.30. The quantitative estimate of drug-likeness (QED) is 0.791. The first-order valence-electron chi connectivity index (χ1n) is 6.08. The smallest absolute Gasteiger partial charge is 0.0326 e. The van der Waals surface area contributed by atoms with Crippen molar-refractivity contribution in [2.45, 2.75) is 39.2 Å². The molecule has 0 bridgehead atoms. The largest absolute Gasteiger partial charge is 0.310 e. The first-order valence-corrected chi connectivity index (χ1v) is 6.08. The highest BCUT2D eigenvalue weighted by molar-refractivity contribution is 5.34. The Labute approximate surface area is 92.9 Å². The Balaban J connectivity index is 1.90. The summed E-state index contributed by atoms with van der Waals surface area (Å²) in [5.41, 5.74) is 3.07. The average molecular weight is 203 g/mol. The van der Waals surface area contributed by atoms with Crippen molar-refractivity contribution in [2.75, 3.05) is 6.54 Å². The number of hydrogen-bond donors (Lipinski definition) is 1. The van der Waals surface area contributed by atoms with Gasteiger partial charge in [-0.05, 0) is 42.9 Å². The van der Waals surface area contributed by atoms with Gasteiger partial charge in [0.25, 0.3) is 0 Å². The summed E-state index contributed by atoms with van der Waals surface area (Å²) in [5, 5.41) is 3.67. The van der Waals surface area contributed by atoms with Crippen LogP contribution in [0.2, 0.25) is 0 Å². The Morgan fingerprint density at radius 1 is 1.33 bits per heavy atom. The molecule has 1 unspecified atom stereocenters. The standard InChI is InChI=1S/C14H21N/c1-11(2)9-10-15-14-8-7-12-5-3-4-6-13(12)14/h3-6,11,14-15H,7-10H2,1-2H3. The molecule has 2 rings (SSSR count). The van der Waals surface area contributed by atoms with E-state index >= 15 is 0 Å². The van der Waals surface area contributed by atoms with E-state index in [-0.39, 0.29) is 0 Å². The van der Waals surface area contributed by atoms with Crippen LogP contribution in [-0.2, 0) is 6.42 Å². The van der Waals surface area contributed by atoms with Crippen LogP contribution >= 0.6 is 0 Å². The van der Waals surface area contributed by atoms with Gasteiger partial charge in [0.05, 0.1) is 0 Å². The SMILES string of the molecule is CC(C)CCNC1CCc2ccccc21. The van der Waals surface area contributed by atoms with Gasteiger partial charge in [0, 0.05) is 6.04 Å². The molecule has 1 aliphatic carbocycles. The van der Waals surface area contributed by atoms with Gasteiger partial charge in [-0.3, -0.25) is 0 Å². The Bertz CT molecular complexity index is 317. The first-order chi connectivity index (χ1) is 7.27. The minimum atomic E-state index is 0.611. The van der Waals surface area contributed by atoms with E-state index in [2.05, 4.69) is 43.4 Å². The van der Waals surface area contributed by atoms with E-state index < -0.39 is 0 Å². The second-order valence-electron chi connectivity index (χ2n) is 4.93. The average Bonchev–Trinajstić information content (AvgIpc) is 2.62. The van der Waals surface area contributed by atoms with Crippen molar-refractivity contribution >= 4 is 0 Å². The van der Waals surface area contributed by atoms with Crippen LogP contribution in [0, 0.1) is 5.92 Å². The molecule has 1 atom stereocenters. The summed E-state index contributed by atoms with van der Waals surface area (Å²) in [6.07, 6.45) is 3.80. The van der Waals surface area contributed by atoms with Gasteiger partial charge in [-0.1, -0.05) is 38.1 Å². The molecule has 1 aliphatic rings. The molecule has 1 nitrogen and oxygen atoms in total. The second-order valence-corrected chi connectivity index (χ2v) is 4.93.